The molecule has 0 aliphatic rings. The van der Waals surface area contributed by atoms with Crippen LogP contribution >= 0.6 is 0 Å². The van der Waals surface area contributed by atoms with Crippen LogP contribution in [-0.2, 0) is 0 Å². The Morgan fingerprint density at radius 2 is 1.91 bits per heavy atom. The summed E-state index contributed by atoms with van der Waals surface area (Å²) < 4.78 is 0. The van der Waals surface area contributed by atoms with Gasteiger partial charge < -0.3 is 22.9 Å². The highest BCUT2D eigenvalue weighted by atomic mass is 16.3. The van der Waals surface area contributed by atoms with E-state index < -0.39 is 12.0 Å². The molecule has 0 fully saturated rings. The molecule has 0 saturated heterocycles. The second-order valence-electron chi connectivity index (χ2n) is 2.68. The van der Waals surface area contributed by atoms with Gasteiger partial charge in [-0.15, -0.1) is 4.91 Å². The number of nitroso groups, excluding NO2 is 1. The topological polar surface area (TPSA) is 134 Å². The van der Waals surface area contributed by atoms with Crippen LogP contribution in [-0.4, -0.2) is 12.0 Å². The van der Waals surface area contributed by atoms with Crippen molar-refractivity contribution in [2.45, 2.75) is 31.2 Å². The summed E-state index contributed by atoms with van der Waals surface area (Å²) in [5.74, 6) is -1.16. The summed E-state index contributed by atoms with van der Waals surface area (Å²) in [7, 11) is 0. The van der Waals surface area contributed by atoms with Crippen molar-refractivity contribution in [1.29, 1.82) is 0 Å². The summed E-state index contributed by atoms with van der Waals surface area (Å²) in [6, 6.07) is 0. The predicted molar refractivity (Wildman–Crippen MR) is 42.9 cm³/mol. The van der Waals surface area contributed by atoms with E-state index in [1.807, 2.05) is 0 Å². The van der Waals surface area contributed by atoms with Gasteiger partial charge in [0.25, 0.3) is 0 Å². The molecule has 0 aromatic carbocycles. The zero-order valence-corrected chi connectivity index (χ0v) is 6.36. The van der Waals surface area contributed by atoms with Crippen LogP contribution in [0.3, 0.4) is 0 Å². The maximum atomic E-state index is 9.79. The van der Waals surface area contributed by atoms with E-state index in [1.165, 1.54) is 0 Å². The van der Waals surface area contributed by atoms with Gasteiger partial charge in [0.2, 0.25) is 0 Å². The van der Waals surface area contributed by atoms with Crippen molar-refractivity contribution in [3.8, 4) is 0 Å². The first-order valence-corrected chi connectivity index (χ1v) is 3.40. The van der Waals surface area contributed by atoms with Crippen molar-refractivity contribution >= 4 is 0 Å². The highest BCUT2D eigenvalue weighted by molar-refractivity contribution is 4.68. The van der Waals surface area contributed by atoms with Crippen LogP contribution in [0.5, 0.6) is 0 Å². The lowest BCUT2D eigenvalue weighted by molar-refractivity contribution is 0.396. The van der Waals surface area contributed by atoms with Gasteiger partial charge in [-0.05, 0) is 19.3 Å². The van der Waals surface area contributed by atoms with Gasteiger partial charge in [-0.1, -0.05) is 5.18 Å². The molecular weight excluding hydrogens is 146 g/mol. The van der Waals surface area contributed by atoms with Gasteiger partial charge in [0.05, 0.1) is 0 Å². The van der Waals surface area contributed by atoms with Crippen LogP contribution in [0.4, 0.5) is 0 Å². The molecule has 1 unspecified atom stereocenters. The second kappa shape index (κ2) is 4.35. The van der Waals surface area contributed by atoms with Crippen molar-refractivity contribution in [3.05, 3.63) is 4.91 Å². The molecule has 0 bridgehead atoms. The Morgan fingerprint density at radius 1 is 1.36 bits per heavy atom. The molecule has 0 radical (unpaired) electrons. The van der Waals surface area contributed by atoms with Gasteiger partial charge in [-0.3, -0.25) is 0 Å². The van der Waals surface area contributed by atoms with Gasteiger partial charge >= 0.3 is 0 Å². The standard InChI is InChI=1S/C5H15N5O/c6-4(10-11)2-1-3-5(7,8)9/h4H,1-3,6-9H2. The molecule has 0 rings (SSSR count). The van der Waals surface area contributed by atoms with Crippen molar-refractivity contribution in [1.82, 2.24) is 0 Å². The Bertz CT molecular complexity index is 121. The van der Waals surface area contributed by atoms with Gasteiger partial charge in [0, 0.05) is 0 Å². The van der Waals surface area contributed by atoms with E-state index in [-0.39, 0.29) is 0 Å². The zero-order valence-electron chi connectivity index (χ0n) is 6.36. The van der Waals surface area contributed by atoms with Crippen LogP contribution in [0.25, 0.3) is 0 Å². The Labute approximate surface area is 65.3 Å². The first-order chi connectivity index (χ1) is 4.95. The van der Waals surface area contributed by atoms with Crippen LogP contribution in [0, 0.1) is 4.91 Å². The average Bonchev–Trinajstić information content (AvgIpc) is 1.85. The molecule has 6 nitrogen and oxygen atoms in total. The summed E-state index contributed by atoms with van der Waals surface area (Å²) in [5, 5.41) is 2.61. The molecule has 0 spiro atoms. The van der Waals surface area contributed by atoms with Crippen molar-refractivity contribution in [2.24, 2.45) is 28.1 Å². The van der Waals surface area contributed by atoms with Crippen LogP contribution in [0.2, 0.25) is 0 Å². The molecule has 0 heterocycles. The summed E-state index contributed by atoms with van der Waals surface area (Å²) in [6.45, 7) is 0. The molecule has 66 valence electrons. The number of rotatable bonds is 5. The Balaban J connectivity index is 3.35. The normalized spacial score (nSPS) is 14.5. The maximum absolute atomic E-state index is 9.79. The minimum Gasteiger partial charge on any atom is -0.307 e. The Kier molecular flexibility index (Phi) is 4.12. The van der Waals surface area contributed by atoms with E-state index in [2.05, 4.69) is 5.18 Å². The van der Waals surface area contributed by atoms with Crippen molar-refractivity contribution < 1.29 is 0 Å². The summed E-state index contributed by atoms with van der Waals surface area (Å²) in [6.07, 6.45) is 0.834. The highest BCUT2D eigenvalue weighted by Gasteiger charge is 2.11. The third kappa shape index (κ3) is 7.34. The fourth-order valence-corrected chi connectivity index (χ4v) is 0.670. The number of hydrogen-bond donors (Lipinski definition) is 4. The van der Waals surface area contributed by atoms with E-state index >= 15 is 0 Å². The molecule has 0 saturated carbocycles. The Morgan fingerprint density at radius 3 is 2.27 bits per heavy atom. The highest BCUT2D eigenvalue weighted by Crippen LogP contribution is 2.02. The van der Waals surface area contributed by atoms with Gasteiger partial charge in [0.15, 0.2) is 0 Å². The molecule has 0 aliphatic carbocycles. The molecule has 6 heteroatoms. The lowest BCUT2D eigenvalue weighted by Crippen LogP contribution is -2.57. The fraction of sp³-hybridized carbons (Fsp3) is 1.00. The monoisotopic (exact) mass is 161 g/mol. The summed E-state index contributed by atoms with van der Waals surface area (Å²) >= 11 is 0. The molecule has 0 aromatic rings. The Hall–Kier alpha value is -0.560. The van der Waals surface area contributed by atoms with E-state index in [4.69, 9.17) is 22.9 Å². The minimum atomic E-state index is -1.16. The van der Waals surface area contributed by atoms with E-state index in [1.54, 1.807) is 0 Å². The summed E-state index contributed by atoms with van der Waals surface area (Å²) in [5.41, 5.74) is 21.0. The SMILES string of the molecule is NC(CCCC(N)(N)N)N=O. The summed E-state index contributed by atoms with van der Waals surface area (Å²) in [4.78, 5) is 9.79. The fourth-order valence-electron chi connectivity index (χ4n) is 0.670. The maximum Gasteiger partial charge on any atom is 0.139 e. The van der Waals surface area contributed by atoms with Crippen LogP contribution in [0.1, 0.15) is 19.3 Å². The van der Waals surface area contributed by atoms with Gasteiger partial charge in [-0.2, -0.15) is 0 Å². The number of nitrogens with two attached hydrogens (primary N) is 4. The van der Waals surface area contributed by atoms with E-state index in [9.17, 15) is 4.91 Å². The smallest absolute Gasteiger partial charge is 0.139 e. The lowest BCUT2D eigenvalue weighted by Gasteiger charge is -2.17. The number of hydrogen-bond acceptors (Lipinski definition) is 6. The van der Waals surface area contributed by atoms with Crippen molar-refractivity contribution in [3.63, 3.8) is 0 Å². The molecule has 1 atom stereocenters. The zero-order chi connectivity index (χ0) is 8.91. The largest absolute Gasteiger partial charge is 0.307 e. The number of nitrogens with zero attached hydrogens (tertiary/aromatic N) is 1. The first kappa shape index (κ1) is 10.4. The minimum absolute atomic E-state index is 0.427. The lowest BCUT2D eigenvalue weighted by atomic mass is 10.1. The molecule has 0 aromatic heterocycles. The van der Waals surface area contributed by atoms with E-state index in [0.29, 0.717) is 19.3 Å². The molecular formula is C5H15N5O. The second-order valence-corrected chi connectivity index (χ2v) is 2.68. The molecule has 11 heavy (non-hydrogen) atoms. The van der Waals surface area contributed by atoms with Gasteiger partial charge in [-0.25, -0.2) is 0 Å². The molecule has 0 aliphatic heterocycles. The average molecular weight is 161 g/mol. The molecule has 0 amide bonds. The predicted octanol–water partition coefficient (Wildman–Crippen LogP) is -1.26. The third-order valence-corrected chi connectivity index (χ3v) is 1.25. The van der Waals surface area contributed by atoms with Crippen LogP contribution < -0.4 is 22.9 Å². The quantitative estimate of drug-likeness (QED) is 0.295. The van der Waals surface area contributed by atoms with Crippen molar-refractivity contribution in [2.75, 3.05) is 0 Å². The van der Waals surface area contributed by atoms with Crippen LogP contribution in [0.15, 0.2) is 5.18 Å². The molecule has 8 N–H and O–H groups in total. The third-order valence-electron chi connectivity index (χ3n) is 1.25. The first-order valence-electron chi connectivity index (χ1n) is 3.40. The van der Waals surface area contributed by atoms with E-state index in [0.717, 1.165) is 0 Å². The van der Waals surface area contributed by atoms with Gasteiger partial charge in [0.1, 0.15) is 12.0 Å².